The van der Waals surface area contributed by atoms with E-state index in [9.17, 15) is 111 Å². The molecule has 484 valence electrons. The van der Waals surface area contributed by atoms with Crippen LogP contribution in [0.5, 0.6) is 17.2 Å². The van der Waals surface area contributed by atoms with Crippen molar-refractivity contribution in [1.82, 2.24) is 0 Å². The molecule has 10 aromatic carbocycles. The number of aromatic hydroxyl groups is 3. The predicted octanol–water partition coefficient (Wildman–Crippen LogP) is -12.6. The van der Waals surface area contributed by atoms with Gasteiger partial charge in [-0.2, -0.15) is 10.2 Å². The molecular formula is C54H34N7Na7O25S7. The van der Waals surface area contributed by atoms with Gasteiger partial charge in [0.15, 0.2) is 11.5 Å². The molecule has 0 heterocycles. The number of fused-ring (bicyclic) bond motifs is 4. The molecule has 32 nitrogen and oxygen atoms in total. The number of azo groups is 3. The predicted molar refractivity (Wildman–Crippen MR) is 316 cm³/mol. The Bertz CT molecular complexity index is 5730. The van der Waals surface area contributed by atoms with E-state index in [4.69, 9.17) is 0 Å². The molecule has 0 aliphatic carbocycles. The van der Waals surface area contributed by atoms with Crippen LogP contribution in [0.15, 0.2) is 229 Å². The minimum absolute atomic E-state index is 0. The number of carbonyl (C=O) groups excluding carboxylic acids is 1. The number of phenols is 3. The van der Waals surface area contributed by atoms with Crippen LogP contribution < -0.4 is 212 Å². The molecule has 10 aromatic rings. The second-order valence-corrected chi connectivity index (χ2v) is 28.4. The van der Waals surface area contributed by atoms with E-state index in [1.807, 2.05) is 0 Å². The van der Waals surface area contributed by atoms with Crippen molar-refractivity contribution in [3.8, 4) is 17.2 Å². The monoisotopic (exact) mass is 1560 g/mol. The summed E-state index contributed by atoms with van der Waals surface area (Å²) in [5.41, 5.74) is -0.990. The second-order valence-electron chi connectivity index (χ2n) is 18.8. The molecule has 4 N–H and O–H groups in total. The number of benzene rings is 10. The maximum Gasteiger partial charge on any atom is 1.00 e. The van der Waals surface area contributed by atoms with Crippen molar-refractivity contribution in [2.75, 3.05) is 5.32 Å². The summed E-state index contributed by atoms with van der Waals surface area (Å²) in [6.45, 7) is 1.09. The summed E-state index contributed by atoms with van der Waals surface area (Å²) in [5.74, 6) is -2.83. The Labute approximate surface area is 724 Å². The Balaban J connectivity index is 0.000000730. The summed E-state index contributed by atoms with van der Waals surface area (Å²) in [6.07, 6.45) is 0. The van der Waals surface area contributed by atoms with Crippen molar-refractivity contribution in [3.63, 3.8) is 0 Å². The van der Waals surface area contributed by atoms with Gasteiger partial charge in [-0.3, -0.25) is 4.79 Å². The number of anilines is 1. The Morgan fingerprint density at radius 1 is 0.340 bits per heavy atom. The molecule has 0 aliphatic heterocycles. The zero-order valence-corrected chi connectivity index (χ0v) is 72.7. The molecule has 0 aromatic heterocycles. The number of hydrogen-bond acceptors (Lipinski definition) is 31. The fourth-order valence-corrected chi connectivity index (χ4v) is 12.5. The topological polar surface area (TPSA) is 564 Å². The van der Waals surface area contributed by atoms with E-state index in [1.54, 1.807) is 18.2 Å². The molecule has 0 saturated heterocycles. The van der Waals surface area contributed by atoms with Gasteiger partial charge >= 0.3 is 207 Å². The van der Waals surface area contributed by atoms with Crippen LogP contribution in [0.25, 0.3) is 43.1 Å². The van der Waals surface area contributed by atoms with Crippen molar-refractivity contribution >= 4 is 160 Å². The van der Waals surface area contributed by atoms with Gasteiger partial charge in [0.05, 0.1) is 57.0 Å². The minimum atomic E-state index is -5.27. The normalized spacial score (nSPS) is 11.8. The number of nitrogens with zero attached hydrogens (tertiary/aromatic N) is 6. The van der Waals surface area contributed by atoms with Gasteiger partial charge in [-0.05, 0) is 119 Å². The van der Waals surface area contributed by atoms with Crippen molar-refractivity contribution in [2.45, 2.75) is 41.2 Å². The van der Waals surface area contributed by atoms with E-state index >= 15 is 0 Å². The molecule has 0 saturated carbocycles. The number of carbonyl (C=O) groups is 1. The number of amides is 1. The number of nitrogens with one attached hydrogen (secondary N) is 1. The zero-order valence-electron chi connectivity index (χ0n) is 53.0. The summed E-state index contributed by atoms with van der Waals surface area (Å²) < 4.78 is 240. The molecule has 0 unspecified atom stereocenters. The van der Waals surface area contributed by atoms with E-state index in [0.717, 1.165) is 79.7 Å². The summed E-state index contributed by atoms with van der Waals surface area (Å²) in [6, 6.07) is 32.7. The van der Waals surface area contributed by atoms with Crippen LogP contribution in [-0.4, -0.2) is 112 Å². The quantitative estimate of drug-likeness (QED) is 0.0446. The number of rotatable bonds is 14. The molecule has 0 fully saturated rings. The zero-order chi connectivity index (χ0) is 68.6. The third-order valence-electron chi connectivity index (χ3n) is 12.6. The van der Waals surface area contributed by atoms with Gasteiger partial charge in [-0.1, -0.05) is 60.7 Å². The SMILES string of the molecule is CC(=O)Nc1cc(S(=O)(=O)[O-])cc2cc(S(=O)(=O)[O-])c(N=Nc3ccccc3)c(O)c12.O=S(=O)([O-])c1ccc(N=Nc2c(O)ccc3cc(S(=O)(=O)[O-])ccc23)cc1.O=S(=O)([O-])c1ccc2c(N=Nc3ccc(S(=O)(=O)[O-])c4ccccc34)c(O)c(S(=O)(=O)[O-])cc2c1.[Na+].[Na+].[Na+].[Na+].[Na+].[Na+].[Na+]. The first-order valence-corrected chi connectivity index (χ1v) is 34.8. The minimum Gasteiger partial charge on any atom is -0.744 e. The van der Waals surface area contributed by atoms with E-state index in [0.29, 0.717) is 16.8 Å². The van der Waals surface area contributed by atoms with E-state index in [2.05, 4.69) is 36.0 Å². The van der Waals surface area contributed by atoms with Crippen LogP contribution in [0.3, 0.4) is 0 Å². The molecule has 0 spiro atoms. The number of hydrogen-bond donors (Lipinski definition) is 4. The van der Waals surface area contributed by atoms with Crippen molar-refractivity contribution < 1.29 is 318 Å². The van der Waals surface area contributed by atoms with Crippen LogP contribution in [-0.2, 0) is 75.6 Å². The van der Waals surface area contributed by atoms with Crippen molar-refractivity contribution in [3.05, 3.63) is 164 Å². The average Bonchev–Trinajstić information content (AvgIpc) is 0.746. The van der Waals surface area contributed by atoms with Crippen LogP contribution in [0, 0.1) is 0 Å². The summed E-state index contributed by atoms with van der Waals surface area (Å²) in [7, 11) is -34.5. The van der Waals surface area contributed by atoms with Crippen molar-refractivity contribution in [1.29, 1.82) is 0 Å². The third-order valence-corrected chi connectivity index (χ3v) is 18.5. The fraction of sp³-hybridized carbons (Fsp3) is 0.0185. The second kappa shape index (κ2) is 38.2. The van der Waals surface area contributed by atoms with Gasteiger partial charge in [0, 0.05) is 33.9 Å². The Hall–Kier alpha value is -2.72. The van der Waals surface area contributed by atoms with Crippen LogP contribution in [0.1, 0.15) is 6.92 Å². The molecule has 1 amide bonds. The maximum absolute atomic E-state index is 11.8. The van der Waals surface area contributed by atoms with Gasteiger partial charge in [0.25, 0.3) is 0 Å². The first-order valence-electron chi connectivity index (χ1n) is 24.9. The van der Waals surface area contributed by atoms with Gasteiger partial charge in [0.2, 0.25) is 5.91 Å². The van der Waals surface area contributed by atoms with E-state index in [-0.39, 0.29) is 273 Å². The molecule has 100 heavy (non-hydrogen) atoms. The summed E-state index contributed by atoms with van der Waals surface area (Å²) >= 11 is 0. The average molecular weight is 1570 g/mol. The first-order chi connectivity index (χ1) is 43.1. The van der Waals surface area contributed by atoms with Gasteiger partial charge in [0.1, 0.15) is 93.6 Å². The molecule has 0 radical (unpaired) electrons. The van der Waals surface area contributed by atoms with Gasteiger partial charge < -0.3 is 52.5 Å². The standard InChI is InChI=1S/C20H14N2O10S3.C18H15N3O8S2.C16H12N2O7S2.7Na/c23-20-18(35(30,31)32)10-11-9-12(33(24,25)26)5-6-13(11)19(20)22-21-16-7-8-17(34(27,28)29)15-4-2-1-3-14(15)16;1-10(22)19-14-9-13(30(24,25)26)7-11-8-15(31(27,28)29)17(18(23)16(11)14)21-20-12-5-3-2-4-6-12;19-15-8-1-10-9-13(27(23,24)25)6-7-14(10)16(15)18-17-11-2-4-12(5-3-11)26(20,21)22;;;;;;;/h1-10,23H,(H,24,25,26)(H,27,28,29)(H,30,31,32);2-9,23H,1H3,(H,19,22)(H,24,25,26)(H,27,28,29);1-9,19H,(H,20,21,22)(H,23,24,25);;;;;;;/q;;;7*+1/p-7. The smallest absolute Gasteiger partial charge is 0.744 e. The molecule has 0 atom stereocenters. The molecule has 10 rings (SSSR count). The fourth-order valence-electron chi connectivity index (χ4n) is 8.55. The largest absolute Gasteiger partial charge is 1.00 e. The molecule has 0 aliphatic rings. The Kier molecular flexibility index (Phi) is 36.4. The summed E-state index contributed by atoms with van der Waals surface area (Å²) in [5, 5.41) is 56.6. The Morgan fingerprint density at radius 2 is 0.770 bits per heavy atom. The third kappa shape index (κ3) is 24.1. The summed E-state index contributed by atoms with van der Waals surface area (Å²) in [4.78, 5) is 6.55. The van der Waals surface area contributed by atoms with Crippen molar-refractivity contribution in [2.24, 2.45) is 30.7 Å². The Morgan fingerprint density at radius 3 is 1.27 bits per heavy atom. The van der Waals surface area contributed by atoms with Crippen LogP contribution in [0.2, 0.25) is 0 Å². The van der Waals surface area contributed by atoms with Gasteiger partial charge in [-0.15, -0.1) is 20.5 Å². The molecule has 46 heteroatoms. The first kappa shape index (κ1) is 95.3. The van der Waals surface area contributed by atoms with E-state index in [1.165, 1.54) is 66.7 Å². The van der Waals surface area contributed by atoms with E-state index < -0.39 is 134 Å². The molecule has 0 bridgehead atoms. The maximum atomic E-state index is 11.8. The molecular weight excluding hydrogens is 1530 g/mol. The van der Waals surface area contributed by atoms with Crippen LogP contribution >= 0.6 is 0 Å². The van der Waals surface area contributed by atoms with Gasteiger partial charge in [-0.25, -0.2) is 58.9 Å². The van der Waals surface area contributed by atoms with Crippen LogP contribution in [0.4, 0.5) is 39.8 Å². The number of phenolic OH excluding ortho intramolecular Hbond substituents is 3.